The summed E-state index contributed by atoms with van der Waals surface area (Å²) in [5.41, 5.74) is 0.739. The minimum Gasteiger partial charge on any atom is -0.481 e. The first-order valence-corrected chi connectivity index (χ1v) is 7.26. The van der Waals surface area contributed by atoms with Crippen LogP contribution >= 0.6 is 0 Å². The van der Waals surface area contributed by atoms with Crippen LogP contribution in [0.4, 0.5) is 5.82 Å². The van der Waals surface area contributed by atoms with Crippen molar-refractivity contribution in [2.45, 2.75) is 32.6 Å². The number of hydrogen-bond donors (Lipinski definition) is 1. The van der Waals surface area contributed by atoms with E-state index < -0.39 is 5.97 Å². The second-order valence-corrected chi connectivity index (χ2v) is 5.77. The molecule has 7 nitrogen and oxygen atoms in total. The Morgan fingerprint density at radius 1 is 1.29 bits per heavy atom. The lowest BCUT2D eigenvalue weighted by atomic mass is 9.97. The van der Waals surface area contributed by atoms with E-state index in [1.54, 1.807) is 4.52 Å². The maximum Gasteiger partial charge on any atom is 0.306 e. The van der Waals surface area contributed by atoms with Gasteiger partial charge in [0.2, 0.25) is 0 Å². The fourth-order valence-electron chi connectivity index (χ4n) is 2.68. The first-order valence-electron chi connectivity index (χ1n) is 7.26. The van der Waals surface area contributed by atoms with Gasteiger partial charge in [0.1, 0.15) is 5.82 Å². The molecule has 0 bridgehead atoms. The van der Waals surface area contributed by atoms with Crippen molar-refractivity contribution in [1.82, 2.24) is 19.8 Å². The van der Waals surface area contributed by atoms with Gasteiger partial charge in [-0.15, -0.1) is 15.3 Å². The maximum atomic E-state index is 11.0. The molecule has 1 saturated heterocycles. The zero-order chi connectivity index (χ0) is 15.0. The summed E-state index contributed by atoms with van der Waals surface area (Å²) in [6, 6.07) is 3.83. The normalized spacial score (nSPS) is 16.8. The molecule has 2 aromatic heterocycles. The van der Waals surface area contributed by atoms with Gasteiger partial charge in [-0.25, -0.2) is 0 Å². The Kier molecular flexibility index (Phi) is 3.48. The molecule has 1 aliphatic rings. The molecule has 1 N–H and O–H groups in total. The van der Waals surface area contributed by atoms with Crippen LogP contribution in [0.15, 0.2) is 12.1 Å². The van der Waals surface area contributed by atoms with E-state index in [2.05, 4.69) is 34.0 Å². The fourth-order valence-corrected chi connectivity index (χ4v) is 2.68. The van der Waals surface area contributed by atoms with Crippen molar-refractivity contribution < 1.29 is 9.90 Å². The first-order chi connectivity index (χ1) is 10.1. The van der Waals surface area contributed by atoms with Crippen LogP contribution in [0.3, 0.4) is 0 Å². The van der Waals surface area contributed by atoms with Gasteiger partial charge in [-0.05, 0) is 25.0 Å². The number of fused-ring (bicyclic) bond motifs is 1. The molecule has 0 aliphatic carbocycles. The number of rotatable bonds is 3. The summed E-state index contributed by atoms with van der Waals surface area (Å²) in [6.07, 6.45) is 1.32. The quantitative estimate of drug-likeness (QED) is 0.923. The minimum absolute atomic E-state index is 0.230. The Balaban J connectivity index is 1.84. The molecular weight excluding hydrogens is 270 g/mol. The van der Waals surface area contributed by atoms with Crippen molar-refractivity contribution in [1.29, 1.82) is 0 Å². The van der Waals surface area contributed by atoms with Gasteiger partial charge in [-0.3, -0.25) is 4.79 Å². The SMILES string of the molecule is CC(C)c1nnc2ccc(N3CCC(C(=O)O)CC3)nn12. The fraction of sp³-hybridized carbons (Fsp3) is 0.571. The highest BCUT2D eigenvalue weighted by atomic mass is 16.4. The molecular formula is C14H19N5O2. The van der Waals surface area contributed by atoms with Crippen molar-refractivity contribution >= 4 is 17.4 Å². The molecule has 0 radical (unpaired) electrons. The number of hydrogen-bond acceptors (Lipinski definition) is 5. The van der Waals surface area contributed by atoms with E-state index >= 15 is 0 Å². The second kappa shape index (κ2) is 5.31. The molecule has 0 amide bonds. The number of carboxylic acid groups (broad SMARTS) is 1. The van der Waals surface area contributed by atoms with Gasteiger partial charge in [-0.2, -0.15) is 4.52 Å². The molecule has 21 heavy (non-hydrogen) atoms. The van der Waals surface area contributed by atoms with Crippen LogP contribution in [-0.2, 0) is 4.79 Å². The van der Waals surface area contributed by atoms with Gasteiger partial charge in [0, 0.05) is 19.0 Å². The van der Waals surface area contributed by atoms with Crippen LogP contribution in [0.5, 0.6) is 0 Å². The van der Waals surface area contributed by atoms with Gasteiger partial charge < -0.3 is 10.0 Å². The first kappa shape index (κ1) is 13.8. The Bertz CT molecular complexity index is 658. The van der Waals surface area contributed by atoms with E-state index in [0.717, 1.165) is 17.3 Å². The molecule has 0 atom stereocenters. The van der Waals surface area contributed by atoms with Crippen LogP contribution in [0.2, 0.25) is 0 Å². The molecule has 1 aliphatic heterocycles. The monoisotopic (exact) mass is 289 g/mol. The highest BCUT2D eigenvalue weighted by Gasteiger charge is 2.25. The summed E-state index contributed by atoms with van der Waals surface area (Å²) < 4.78 is 1.78. The van der Waals surface area contributed by atoms with E-state index in [1.165, 1.54) is 0 Å². The van der Waals surface area contributed by atoms with Crippen LogP contribution in [0.25, 0.3) is 5.65 Å². The predicted octanol–water partition coefficient (Wildman–Crippen LogP) is 1.55. The van der Waals surface area contributed by atoms with E-state index in [4.69, 9.17) is 5.11 Å². The van der Waals surface area contributed by atoms with Crippen molar-refractivity contribution in [3.63, 3.8) is 0 Å². The lowest BCUT2D eigenvalue weighted by Gasteiger charge is -2.30. The Morgan fingerprint density at radius 2 is 2.00 bits per heavy atom. The zero-order valence-corrected chi connectivity index (χ0v) is 12.2. The molecule has 1 fully saturated rings. The Labute approximate surface area is 122 Å². The van der Waals surface area contributed by atoms with Crippen LogP contribution in [0.1, 0.15) is 38.4 Å². The standard InChI is InChI=1S/C14H19N5O2/c1-9(2)13-16-15-11-3-4-12(17-19(11)13)18-7-5-10(6-8-18)14(20)21/h3-4,9-10H,5-8H2,1-2H3,(H,20,21). The van der Waals surface area contributed by atoms with Gasteiger partial charge in [0.05, 0.1) is 5.92 Å². The number of carboxylic acids is 1. The average Bonchev–Trinajstić information content (AvgIpc) is 2.90. The maximum absolute atomic E-state index is 11.0. The van der Waals surface area contributed by atoms with Crippen molar-refractivity contribution in [2.24, 2.45) is 5.92 Å². The number of piperidine rings is 1. The second-order valence-electron chi connectivity index (χ2n) is 5.77. The number of nitrogens with zero attached hydrogens (tertiary/aromatic N) is 5. The largest absolute Gasteiger partial charge is 0.481 e. The lowest BCUT2D eigenvalue weighted by Crippen LogP contribution is -2.37. The number of aliphatic carboxylic acids is 1. The Hall–Kier alpha value is -2.18. The summed E-state index contributed by atoms with van der Waals surface area (Å²) in [5, 5.41) is 22.0. The predicted molar refractivity (Wildman–Crippen MR) is 77.4 cm³/mol. The van der Waals surface area contributed by atoms with Crippen molar-refractivity contribution in [3.8, 4) is 0 Å². The van der Waals surface area contributed by atoms with E-state index in [9.17, 15) is 4.79 Å². The van der Waals surface area contributed by atoms with Gasteiger partial charge in [0.25, 0.3) is 0 Å². The number of aromatic nitrogens is 4. The number of carbonyl (C=O) groups is 1. The molecule has 0 aromatic carbocycles. The number of anilines is 1. The molecule has 0 spiro atoms. The van der Waals surface area contributed by atoms with Crippen molar-refractivity contribution in [3.05, 3.63) is 18.0 Å². The van der Waals surface area contributed by atoms with E-state index in [0.29, 0.717) is 25.9 Å². The highest BCUT2D eigenvalue weighted by molar-refractivity contribution is 5.70. The van der Waals surface area contributed by atoms with Gasteiger partial charge in [-0.1, -0.05) is 13.8 Å². The molecule has 2 aromatic rings. The topological polar surface area (TPSA) is 83.6 Å². The third-order valence-corrected chi connectivity index (χ3v) is 3.96. The molecule has 3 heterocycles. The molecule has 112 valence electrons. The summed E-state index contributed by atoms with van der Waals surface area (Å²) in [4.78, 5) is 13.1. The smallest absolute Gasteiger partial charge is 0.306 e. The van der Waals surface area contributed by atoms with Gasteiger partial charge in [0.15, 0.2) is 11.5 Å². The van der Waals surface area contributed by atoms with E-state index in [1.807, 2.05) is 12.1 Å². The van der Waals surface area contributed by atoms with Crippen LogP contribution < -0.4 is 4.90 Å². The lowest BCUT2D eigenvalue weighted by molar-refractivity contribution is -0.142. The summed E-state index contributed by atoms with van der Waals surface area (Å²) in [5.74, 6) is 1.02. The third kappa shape index (κ3) is 2.55. The zero-order valence-electron chi connectivity index (χ0n) is 12.2. The van der Waals surface area contributed by atoms with Crippen LogP contribution in [-0.4, -0.2) is 44.0 Å². The average molecular weight is 289 g/mol. The molecule has 7 heteroatoms. The summed E-state index contributed by atoms with van der Waals surface area (Å²) in [6.45, 7) is 5.55. The molecule has 0 unspecified atom stereocenters. The van der Waals surface area contributed by atoms with E-state index in [-0.39, 0.29) is 11.8 Å². The molecule has 0 saturated carbocycles. The Morgan fingerprint density at radius 3 is 2.62 bits per heavy atom. The van der Waals surface area contributed by atoms with Crippen LogP contribution in [0, 0.1) is 5.92 Å². The van der Waals surface area contributed by atoms with Crippen molar-refractivity contribution in [2.75, 3.05) is 18.0 Å². The summed E-state index contributed by atoms with van der Waals surface area (Å²) in [7, 11) is 0. The third-order valence-electron chi connectivity index (χ3n) is 3.96. The highest BCUT2D eigenvalue weighted by Crippen LogP contribution is 2.23. The molecule has 3 rings (SSSR count). The minimum atomic E-state index is -0.695. The van der Waals surface area contributed by atoms with Gasteiger partial charge >= 0.3 is 5.97 Å². The summed E-state index contributed by atoms with van der Waals surface area (Å²) >= 11 is 0.